The van der Waals surface area contributed by atoms with Gasteiger partial charge in [0, 0.05) is 0 Å². The molecule has 5 nitrogen and oxygen atoms in total. The van der Waals surface area contributed by atoms with Crippen molar-refractivity contribution in [3.05, 3.63) is 0 Å². The zero-order chi connectivity index (χ0) is 18.8. The van der Waals surface area contributed by atoms with Gasteiger partial charge in [0.15, 0.2) is 0 Å². The molecule has 1 amide bonds. The normalized spacial score (nSPS) is 11.8. The van der Waals surface area contributed by atoms with Crippen LogP contribution in [0.1, 0.15) is 97.8 Å². The van der Waals surface area contributed by atoms with Crippen molar-refractivity contribution in [1.29, 1.82) is 0 Å². The summed E-state index contributed by atoms with van der Waals surface area (Å²) < 4.78 is 10.4. The number of alkyl carbamates (subject to hydrolysis) is 1. The lowest BCUT2D eigenvalue weighted by Gasteiger charge is -2.17. The van der Waals surface area contributed by atoms with E-state index in [4.69, 9.17) is 9.47 Å². The Kier molecular flexibility index (Phi) is 16.7. The minimum Gasteiger partial charge on any atom is -0.464 e. The van der Waals surface area contributed by atoms with E-state index in [2.05, 4.69) is 12.2 Å². The zero-order valence-corrected chi connectivity index (χ0v) is 16.6. The number of amides is 1. The maximum absolute atomic E-state index is 12.1. The van der Waals surface area contributed by atoms with Gasteiger partial charge in [0.1, 0.15) is 6.04 Å². The van der Waals surface area contributed by atoms with E-state index in [-0.39, 0.29) is 5.97 Å². The predicted molar refractivity (Wildman–Crippen MR) is 102 cm³/mol. The Morgan fingerprint density at radius 1 is 0.720 bits per heavy atom. The van der Waals surface area contributed by atoms with Crippen molar-refractivity contribution in [1.82, 2.24) is 5.32 Å². The topological polar surface area (TPSA) is 64.6 Å². The average molecular weight is 358 g/mol. The Labute approximate surface area is 154 Å². The quantitative estimate of drug-likeness (QED) is 0.298. The van der Waals surface area contributed by atoms with Gasteiger partial charge in [-0.05, 0) is 19.3 Å². The molecule has 1 unspecified atom stereocenters. The Morgan fingerprint density at radius 3 is 1.88 bits per heavy atom. The van der Waals surface area contributed by atoms with Crippen LogP contribution in [0.15, 0.2) is 0 Å². The van der Waals surface area contributed by atoms with Gasteiger partial charge in [0.05, 0.1) is 13.2 Å². The molecule has 1 N–H and O–H groups in total. The van der Waals surface area contributed by atoms with Gasteiger partial charge in [-0.2, -0.15) is 0 Å². The molecule has 0 aromatic rings. The number of rotatable bonds is 16. The van der Waals surface area contributed by atoms with Crippen LogP contribution in [0.2, 0.25) is 0 Å². The molecule has 0 spiro atoms. The summed E-state index contributed by atoms with van der Waals surface area (Å²) in [5.41, 5.74) is 0. The molecule has 0 aromatic carbocycles. The Balaban J connectivity index is 3.83. The van der Waals surface area contributed by atoms with E-state index in [1.54, 1.807) is 0 Å². The van der Waals surface area contributed by atoms with E-state index in [9.17, 15) is 9.59 Å². The van der Waals surface area contributed by atoms with E-state index >= 15 is 0 Å². The molecule has 0 heterocycles. The molecule has 0 aliphatic rings. The molecule has 0 aliphatic heterocycles. The standard InChI is InChI=1S/C20H39NO4/c1-4-7-9-10-11-12-13-14-17-24-19(22)18(15-6-3)21-20(23)25-16-8-5-2/h18H,4-17H2,1-3H3,(H,21,23). The molecule has 0 fully saturated rings. The highest BCUT2D eigenvalue weighted by Gasteiger charge is 2.21. The van der Waals surface area contributed by atoms with Crippen molar-refractivity contribution in [2.45, 2.75) is 104 Å². The molecule has 1 atom stereocenters. The maximum atomic E-state index is 12.1. The summed E-state index contributed by atoms with van der Waals surface area (Å²) in [7, 11) is 0. The van der Waals surface area contributed by atoms with Crippen LogP contribution in [0.3, 0.4) is 0 Å². The number of carbonyl (C=O) groups is 2. The molecule has 0 saturated heterocycles. The molecular formula is C20H39NO4. The van der Waals surface area contributed by atoms with Gasteiger partial charge >= 0.3 is 12.1 Å². The molecule has 0 bridgehead atoms. The fraction of sp³-hybridized carbons (Fsp3) is 0.900. The molecule has 0 rings (SSSR count). The molecule has 25 heavy (non-hydrogen) atoms. The predicted octanol–water partition coefficient (Wildman–Crippen LogP) is 5.37. The van der Waals surface area contributed by atoms with Crippen LogP contribution < -0.4 is 5.32 Å². The number of hydrogen-bond acceptors (Lipinski definition) is 4. The molecule has 0 radical (unpaired) electrons. The third-order valence-electron chi connectivity index (χ3n) is 4.13. The monoisotopic (exact) mass is 357 g/mol. The third kappa shape index (κ3) is 14.8. The highest BCUT2D eigenvalue weighted by molar-refractivity contribution is 5.81. The van der Waals surface area contributed by atoms with Gasteiger partial charge in [-0.25, -0.2) is 9.59 Å². The van der Waals surface area contributed by atoms with Crippen LogP contribution in [0.4, 0.5) is 4.79 Å². The highest BCUT2D eigenvalue weighted by atomic mass is 16.6. The van der Waals surface area contributed by atoms with Gasteiger partial charge in [0.2, 0.25) is 0 Å². The van der Waals surface area contributed by atoms with E-state index in [1.165, 1.54) is 38.5 Å². The maximum Gasteiger partial charge on any atom is 0.407 e. The first kappa shape index (κ1) is 23.7. The number of nitrogens with one attached hydrogen (secondary N) is 1. The van der Waals surface area contributed by atoms with Crippen LogP contribution in [-0.4, -0.2) is 31.3 Å². The fourth-order valence-electron chi connectivity index (χ4n) is 2.54. The van der Waals surface area contributed by atoms with Crippen molar-refractivity contribution < 1.29 is 19.1 Å². The highest BCUT2D eigenvalue weighted by Crippen LogP contribution is 2.09. The van der Waals surface area contributed by atoms with Gasteiger partial charge in [0.25, 0.3) is 0 Å². The lowest BCUT2D eigenvalue weighted by molar-refractivity contribution is -0.146. The molecule has 0 aliphatic carbocycles. The van der Waals surface area contributed by atoms with Crippen LogP contribution in [-0.2, 0) is 14.3 Å². The van der Waals surface area contributed by atoms with Crippen LogP contribution in [0, 0.1) is 0 Å². The molecule has 0 saturated carbocycles. The number of carbonyl (C=O) groups excluding carboxylic acids is 2. The summed E-state index contributed by atoms with van der Waals surface area (Å²) in [5, 5.41) is 2.62. The Hall–Kier alpha value is -1.26. The molecular weight excluding hydrogens is 318 g/mol. The number of unbranched alkanes of at least 4 members (excludes halogenated alkanes) is 8. The third-order valence-corrected chi connectivity index (χ3v) is 4.13. The summed E-state index contributed by atoms with van der Waals surface area (Å²) >= 11 is 0. The lowest BCUT2D eigenvalue weighted by Crippen LogP contribution is -2.42. The van der Waals surface area contributed by atoms with E-state index < -0.39 is 12.1 Å². The Morgan fingerprint density at radius 2 is 1.28 bits per heavy atom. The van der Waals surface area contributed by atoms with E-state index in [0.29, 0.717) is 19.6 Å². The largest absolute Gasteiger partial charge is 0.464 e. The summed E-state index contributed by atoms with van der Waals surface area (Å²) in [5.74, 6) is -0.350. The molecule has 148 valence electrons. The van der Waals surface area contributed by atoms with E-state index in [1.807, 2.05) is 13.8 Å². The van der Waals surface area contributed by atoms with Crippen LogP contribution in [0.5, 0.6) is 0 Å². The first-order valence-electron chi connectivity index (χ1n) is 10.3. The summed E-state index contributed by atoms with van der Waals surface area (Å²) in [4.78, 5) is 23.8. The van der Waals surface area contributed by atoms with Gasteiger partial charge < -0.3 is 14.8 Å². The second-order valence-electron chi connectivity index (χ2n) is 6.62. The van der Waals surface area contributed by atoms with Crippen molar-refractivity contribution in [2.75, 3.05) is 13.2 Å². The van der Waals surface area contributed by atoms with Gasteiger partial charge in [-0.1, -0.05) is 78.6 Å². The smallest absolute Gasteiger partial charge is 0.407 e. The summed E-state index contributed by atoms with van der Waals surface area (Å²) in [6.45, 7) is 7.04. The second-order valence-corrected chi connectivity index (χ2v) is 6.62. The van der Waals surface area contributed by atoms with Crippen molar-refractivity contribution in [3.8, 4) is 0 Å². The summed E-state index contributed by atoms with van der Waals surface area (Å²) in [6, 6.07) is -0.604. The lowest BCUT2D eigenvalue weighted by atomic mass is 10.1. The first-order valence-corrected chi connectivity index (χ1v) is 10.3. The van der Waals surface area contributed by atoms with Crippen molar-refractivity contribution in [2.24, 2.45) is 0 Å². The van der Waals surface area contributed by atoms with E-state index in [0.717, 1.165) is 32.1 Å². The second kappa shape index (κ2) is 17.6. The SMILES string of the molecule is CCCCCCCCCCOC(=O)C(CCC)NC(=O)OCCCC. The van der Waals surface area contributed by atoms with Crippen molar-refractivity contribution in [3.63, 3.8) is 0 Å². The number of esters is 1. The number of ether oxygens (including phenoxy) is 2. The van der Waals surface area contributed by atoms with Gasteiger partial charge in [-0.15, -0.1) is 0 Å². The minimum absolute atomic E-state index is 0.350. The average Bonchev–Trinajstić information content (AvgIpc) is 2.60. The van der Waals surface area contributed by atoms with Crippen molar-refractivity contribution >= 4 is 12.1 Å². The first-order chi connectivity index (χ1) is 12.2. The molecule has 5 heteroatoms. The molecule has 0 aromatic heterocycles. The fourth-order valence-corrected chi connectivity index (χ4v) is 2.54. The minimum atomic E-state index is -0.604. The van der Waals surface area contributed by atoms with Crippen LogP contribution >= 0.6 is 0 Å². The summed E-state index contributed by atoms with van der Waals surface area (Å²) in [6.07, 6.45) is 12.3. The van der Waals surface area contributed by atoms with Gasteiger partial charge in [-0.3, -0.25) is 0 Å². The number of hydrogen-bond donors (Lipinski definition) is 1. The van der Waals surface area contributed by atoms with Crippen LogP contribution in [0.25, 0.3) is 0 Å². The zero-order valence-electron chi connectivity index (χ0n) is 16.6. The Bertz CT molecular complexity index is 334.